The molecule has 19 heavy (non-hydrogen) atoms. The normalized spacial score (nSPS) is 13.8. The molecule has 0 aliphatic carbocycles. The molecule has 0 radical (unpaired) electrons. The smallest absolute Gasteiger partial charge is 0.0191 e. The first-order valence-corrected chi connectivity index (χ1v) is 8.36. The Morgan fingerprint density at radius 3 is 2.63 bits per heavy atom. The molecule has 1 heteroatoms. The van der Waals surface area contributed by atoms with Gasteiger partial charge in [-0.3, -0.25) is 0 Å². The van der Waals surface area contributed by atoms with E-state index in [1.165, 1.54) is 60.3 Å². The Balaban J connectivity index is 1.77. The van der Waals surface area contributed by atoms with Gasteiger partial charge in [0.1, 0.15) is 0 Å². The Kier molecular flexibility index (Phi) is 6.29. The largest absolute Gasteiger partial charge is 0.0939 e. The SMILES string of the molecule is CCCCCCCCC1=CC=Cc2ccccc2S1. The highest BCUT2D eigenvalue weighted by molar-refractivity contribution is 8.03. The highest BCUT2D eigenvalue weighted by Gasteiger charge is 2.06. The number of allylic oxidation sites excluding steroid dienone is 3. The van der Waals surface area contributed by atoms with Crippen molar-refractivity contribution in [2.24, 2.45) is 0 Å². The van der Waals surface area contributed by atoms with E-state index in [1.807, 2.05) is 11.8 Å². The second-order valence-corrected chi connectivity index (χ2v) is 6.32. The van der Waals surface area contributed by atoms with Gasteiger partial charge in [-0.1, -0.05) is 87.2 Å². The molecular weight excluding hydrogens is 248 g/mol. The summed E-state index contributed by atoms with van der Waals surface area (Å²) in [6.45, 7) is 2.27. The molecule has 0 atom stereocenters. The van der Waals surface area contributed by atoms with Crippen molar-refractivity contribution < 1.29 is 0 Å². The molecule has 0 spiro atoms. The highest BCUT2D eigenvalue weighted by Crippen LogP contribution is 2.35. The van der Waals surface area contributed by atoms with E-state index in [2.05, 4.69) is 49.4 Å². The molecule has 0 saturated heterocycles. The highest BCUT2D eigenvalue weighted by atomic mass is 32.2. The summed E-state index contributed by atoms with van der Waals surface area (Å²) in [7, 11) is 0. The monoisotopic (exact) mass is 272 g/mol. The number of thioether (sulfide) groups is 1. The van der Waals surface area contributed by atoms with Crippen LogP contribution in [-0.4, -0.2) is 0 Å². The average molecular weight is 272 g/mol. The molecule has 1 aromatic carbocycles. The molecule has 1 heterocycles. The summed E-state index contributed by atoms with van der Waals surface area (Å²) >= 11 is 1.94. The fraction of sp³-hybridized carbons (Fsp3) is 0.444. The molecule has 0 bridgehead atoms. The first kappa shape index (κ1) is 14.5. The first-order valence-electron chi connectivity index (χ1n) is 7.54. The summed E-state index contributed by atoms with van der Waals surface area (Å²) < 4.78 is 0. The molecular formula is C18H24S. The molecule has 1 aromatic rings. The Morgan fingerprint density at radius 2 is 1.74 bits per heavy atom. The van der Waals surface area contributed by atoms with Crippen molar-refractivity contribution in [1.82, 2.24) is 0 Å². The van der Waals surface area contributed by atoms with Crippen LogP contribution in [0.1, 0.15) is 57.4 Å². The van der Waals surface area contributed by atoms with Gasteiger partial charge in [0, 0.05) is 4.90 Å². The summed E-state index contributed by atoms with van der Waals surface area (Å²) in [6, 6.07) is 8.67. The topological polar surface area (TPSA) is 0 Å². The number of hydrogen-bond acceptors (Lipinski definition) is 1. The van der Waals surface area contributed by atoms with Gasteiger partial charge in [-0.05, 0) is 29.4 Å². The van der Waals surface area contributed by atoms with Crippen molar-refractivity contribution in [3.8, 4) is 0 Å². The molecule has 0 N–H and O–H groups in total. The molecule has 2 rings (SSSR count). The van der Waals surface area contributed by atoms with Gasteiger partial charge in [-0.2, -0.15) is 0 Å². The van der Waals surface area contributed by atoms with Crippen LogP contribution in [0.2, 0.25) is 0 Å². The summed E-state index contributed by atoms with van der Waals surface area (Å²) in [5, 5.41) is 0. The number of benzene rings is 1. The molecule has 0 amide bonds. The Hall–Kier alpha value is -0.950. The molecule has 0 aromatic heterocycles. The van der Waals surface area contributed by atoms with Gasteiger partial charge in [0.25, 0.3) is 0 Å². The van der Waals surface area contributed by atoms with E-state index in [0.717, 1.165) is 0 Å². The third kappa shape index (κ3) is 4.91. The maximum absolute atomic E-state index is 2.29. The molecule has 0 nitrogen and oxygen atoms in total. The van der Waals surface area contributed by atoms with Crippen molar-refractivity contribution in [2.75, 3.05) is 0 Å². The molecule has 102 valence electrons. The zero-order chi connectivity index (χ0) is 13.3. The maximum Gasteiger partial charge on any atom is 0.0191 e. The lowest BCUT2D eigenvalue weighted by atomic mass is 10.1. The van der Waals surface area contributed by atoms with Crippen LogP contribution in [0.25, 0.3) is 6.08 Å². The van der Waals surface area contributed by atoms with Crippen LogP contribution in [0.5, 0.6) is 0 Å². The minimum Gasteiger partial charge on any atom is -0.0939 e. The standard InChI is InChI=1S/C18H24S/c1-2-3-4-5-6-7-13-17-14-10-12-16-11-8-9-15-18(16)19-17/h8-12,14-15H,2-7,13H2,1H3. The van der Waals surface area contributed by atoms with Crippen molar-refractivity contribution in [3.05, 3.63) is 46.9 Å². The van der Waals surface area contributed by atoms with Crippen molar-refractivity contribution in [1.29, 1.82) is 0 Å². The van der Waals surface area contributed by atoms with Crippen LogP contribution in [0.4, 0.5) is 0 Å². The average Bonchev–Trinajstić information content (AvgIpc) is 2.64. The van der Waals surface area contributed by atoms with Crippen LogP contribution in [0.15, 0.2) is 46.2 Å². The van der Waals surface area contributed by atoms with Crippen LogP contribution >= 0.6 is 11.8 Å². The summed E-state index contributed by atoms with van der Waals surface area (Å²) in [6.07, 6.45) is 16.2. The number of rotatable bonds is 7. The van der Waals surface area contributed by atoms with Crippen LogP contribution < -0.4 is 0 Å². The van der Waals surface area contributed by atoms with Crippen LogP contribution in [0.3, 0.4) is 0 Å². The van der Waals surface area contributed by atoms with Crippen molar-refractivity contribution >= 4 is 17.8 Å². The van der Waals surface area contributed by atoms with E-state index >= 15 is 0 Å². The van der Waals surface area contributed by atoms with Crippen LogP contribution in [0, 0.1) is 0 Å². The molecule has 0 saturated carbocycles. The van der Waals surface area contributed by atoms with Gasteiger partial charge in [-0.15, -0.1) is 0 Å². The predicted octanol–water partition coefficient (Wildman–Crippen LogP) is 6.44. The van der Waals surface area contributed by atoms with Gasteiger partial charge in [0.05, 0.1) is 0 Å². The third-order valence-corrected chi connectivity index (χ3v) is 4.69. The van der Waals surface area contributed by atoms with Gasteiger partial charge in [0.2, 0.25) is 0 Å². The number of unbranched alkanes of at least 4 members (excludes halogenated alkanes) is 5. The Labute approximate surface area is 122 Å². The molecule has 1 aliphatic rings. The van der Waals surface area contributed by atoms with Gasteiger partial charge in [-0.25, -0.2) is 0 Å². The Morgan fingerprint density at radius 1 is 0.947 bits per heavy atom. The summed E-state index contributed by atoms with van der Waals surface area (Å²) in [5.74, 6) is 0. The Bertz CT molecular complexity index is 443. The fourth-order valence-corrected chi connectivity index (χ4v) is 3.44. The zero-order valence-electron chi connectivity index (χ0n) is 11.9. The van der Waals surface area contributed by atoms with Gasteiger partial charge >= 0.3 is 0 Å². The molecule has 0 fully saturated rings. The minimum absolute atomic E-state index is 1.23. The first-order chi connectivity index (χ1) is 9.40. The van der Waals surface area contributed by atoms with Crippen molar-refractivity contribution in [2.45, 2.75) is 56.8 Å². The zero-order valence-corrected chi connectivity index (χ0v) is 12.7. The maximum atomic E-state index is 2.29. The van der Waals surface area contributed by atoms with E-state index in [1.54, 1.807) is 0 Å². The van der Waals surface area contributed by atoms with E-state index in [4.69, 9.17) is 0 Å². The minimum atomic E-state index is 1.23. The lowest BCUT2D eigenvalue weighted by Gasteiger charge is -2.07. The van der Waals surface area contributed by atoms with E-state index in [0.29, 0.717) is 0 Å². The lowest BCUT2D eigenvalue weighted by Crippen LogP contribution is -1.83. The van der Waals surface area contributed by atoms with Gasteiger partial charge < -0.3 is 0 Å². The van der Waals surface area contributed by atoms with Crippen molar-refractivity contribution in [3.63, 3.8) is 0 Å². The fourth-order valence-electron chi connectivity index (χ4n) is 2.36. The molecule has 0 unspecified atom stereocenters. The predicted molar refractivity (Wildman–Crippen MR) is 87.4 cm³/mol. The summed E-state index contributed by atoms with van der Waals surface area (Å²) in [4.78, 5) is 2.91. The number of fused-ring (bicyclic) bond motifs is 1. The van der Waals surface area contributed by atoms with Gasteiger partial charge in [0.15, 0.2) is 0 Å². The second-order valence-electron chi connectivity index (χ2n) is 5.15. The second kappa shape index (κ2) is 8.27. The lowest BCUT2D eigenvalue weighted by molar-refractivity contribution is 0.610. The van der Waals surface area contributed by atoms with Crippen LogP contribution in [-0.2, 0) is 0 Å². The van der Waals surface area contributed by atoms with E-state index < -0.39 is 0 Å². The molecule has 1 aliphatic heterocycles. The quantitative estimate of drug-likeness (QED) is 0.515. The summed E-state index contributed by atoms with van der Waals surface area (Å²) in [5.41, 5.74) is 1.35. The number of hydrogen-bond donors (Lipinski definition) is 0. The van der Waals surface area contributed by atoms with E-state index in [-0.39, 0.29) is 0 Å². The third-order valence-electron chi connectivity index (χ3n) is 3.49. The van der Waals surface area contributed by atoms with E-state index in [9.17, 15) is 0 Å².